The van der Waals surface area contributed by atoms with E-state index in [9.17, 15) is 5.11 Å². The van der Waals surface area contributed by atoms with Crippen molar-refractivity contribution in [1.29, 1.82) is 0 Å². The summed E-state index contributed by atoms with van der Waals surface area (Å²) in [4.78, 5) is 4.40. The number of hydrogen-bond donors (Lipinski definition) is 2. The number of aliphatic hydroxyl groups excluding tert-OH is 1. The number of thiazole rings is 1. The lowest BCUT2D eigenvalue weighted by atomic mass is 10.1. The van der Waals surface area contributed by atoms with E-state index in [1.807, 2.05) is 30.5 Å². The van der Waals surface area contributed by atoms with E-state index in [1.165, 1.54) is 11.3 Å². The van der Waals surface area contributed by atoms with E-state index in [-0.39, 0.29) is 6.54 Å². The van der Waals surface area contributed by atoms with E-state index in [4.69, 9.17) is 10.5 Å². The Labute approximate surface area is 110 Å². The molecular formula is C13H16N2O2S. The summed E-state index contributed by atoms with van der Waals surface area (Å²) >= 11 is 1.42. The molecule has 0 aliphatic carbocycles. The highest BCUT2D eigenvalue weighted by molar-refractivity contribution is 7.10. The Morgan fingerprint density at radius 2 is 2.28 bits per heavy atom. The number of ether oxygens (including phenoxy) is 1. The maximum atomic E-state index is 9.63. The monoisotopic (exact) mass is 264 g/mol. The zero-order chi connectivity index (χ0) is 13.1. The van der Waals surface area contributed by atoms with Gasteiger partial charge in [-0.2, -0.15) is 0 Å². The average Bonchev–Trinajstić information content (AvgIpc) is 2.87. The van der Waals surface area contributed by atoms with Crippen molar-refractivity contribution in [2.75, 3.05) is 13.7 Å². The first-order chi connectivity index (χ1) is 8.65. The summed E-state index contributed by atoms with van der Waals surface area (Å²) in [6.07, 6.45) is -0.678. The van der Waals surface area contributed by atoms with Crippen molar-refractivity contribution >= 4 is 11.3 Å². The first-order valence-corrected chi connectivity index (χ1v) is 6.52. The van der Waals surface area contributed by atoms with Gasteiger partial charge in [-0.3, -0.25) is 0 Å². The van der Waals surface area contributed by atoms with Gasteiger partial charge in [0.15, 0.2) is 0 Å². The maximum Gasteiger partial charge on any atom is 0.123 e. The fourth-order valence-electron chi connectivity index (χ4n) is 1.71. The molecule has 0 spiro atoms. The highest BCUT2D eigenvalue weighted by atomic mass is 32.1. The number of aromatic nitrogens is 1. The van der Waals surface area contributed by atoms with E-state index in [0.29, 0.717) is 5.01 Å². The minimum Gasteiger partial charge on any atom is -0.496 e. The molecule has 0 radical (unpaired) electrons. The fraction of sp³-hybridized carbons (Fsp3) is 0.308. The minimum absolute atomic E-state index is 0.189. The van der Waals surface area contributed by atoms with Crippen LogP contribution < -0.4 is 10.5 Å². The third-order valence-corrected chi connectivity index (χ3v) is 3.67. The van der Waals surface area contributed by atoms with Gasteiger partial charge < -0.3 is 15.6 Å². The summed E-state index contributed by atoms with van der Waals surface area (Å²) in [6.45, 7) is 2.18. The second-order valence-electron chi connectivity index (χ2n) is 4.01. The fourth-order valence-corrected chi connectivity index (χ4v) is 2.54. The Balaban J connectivity index is 2.31. The second kappa shape index (κ2) is 5.48. The predicted molar refractivity (Wildman–Crippen MR) is 72.9 cm³/mol. The molecule has 18 heavy (non-hydrogen) atoms. The van der Waals surface area contributed by atoms with Crippen LogP contribution in [0.3, 0.4) is 0 Å². The largest absolute Gasteiger partial charge is 0.496 e. The Hall–Kier alpha value is -1.43. The quantitative estimate of drug-likeness (QED) is 0.887. The number of benzene rings is 1. The molecule has 3 N–H and O–H groups in total. The predicted octanol–water partition coefficient (Wildman–Crippen LogP) is 2.12. The standard InChI is InChI=1S/C13H16N2O2S/c1-8-5-9(3-4-12(8)17-2)10-7-18-13(15-10)11(16)6-14/h3-5,7,11,16H,6,14H2,1-2H3. The first kappa shape index (κ1) is 13.0. The molecule has 1 unspecified atom stereocenters. The van der Waals surface area contributed by atoms with Crippen molar-refractivity contribution in [2.24, 2.45) is 5.73 Å². The first-order valence-electron chi connectivity index (χ1n) is 5.64. The van der Waals surface area contributed by atoms with Crippen LogP contribution in [0.4, 0.5) is 0 Å². The lowest BCUT2D eigenvalue weighted by molar-refractivity contribution is 0.186. The van der Waals surface area contributed by atoms with E-state index in [0.717, 1.165) is 22.6 Å². The summed E-state index contributed by atoms with van der Waals surface area (Å²) in [5.41, 5.74) is 8.34. The number of methoxy groups -OCH3 is 1. The van der Waals surface area contributed by atoms with Crippen LogP contribution in [0.5, 0.6) is 5.75 Å². The maximum absolute atomic E-state index is 9.63. The van der Waals surface area contributed by atoms with Gasteiger partial charge in [-0.15, -0.1) is 11.3 Å². The SMILES string of the molecule is COc1ccc(-c2csc(C(O)CN)n2)cc1C. The summed E-state index contributed by atoms with van der Waals surface area (Å²) < 4.78 is 5.22. The third kappa shape index (κ3) is 2.53. The van der Waals surface area contributed by atoms with Crippen molar-refractivity contribution < 1.29 is 9.84 Å². The molecule has 0 aliphatic heterocycles. The van der Waals surface area contributed by atoms with Gasteiger partial charge in [0.05, 0.1) is 12.8 Å². The molecule has 0 saturated heterocycles. The number of aryl methyl sites for hydroxylation is 1. The van der Waals surface area contributed by atoms with E-state index < -0.39 is 6.10 Å². The Morgan fingerprint density at radius 3 is 2.89 bits per heavy atom. The molecule has 0 aliphatic rings. The summed E-state index contributed by atoms with van der Waals surface area (Å²) in [5, 5.41) is 12.2. The molecule has 4 nitrogen and oxygen atoms in total. The van der Waals surface area contributed by atoms with Crippen molar-refractivity contribution in [3.63, 3.8) is 0 Å². The highest BCUT2D eigenvalue weighted by Crippen LogP contribution is 2.28. The van der Waals surface area contributed by atoms with E-state index in [1.54, 1.807) is 7.11 Å². The molecule has 1 aromatic heterocycles. The summed E-state index contributed by atoms with van der Waals surface area (Å²) in [5.74, 6) is 0.858. The van der Waals surface area contributed by atoms with Crippen molar-refractivity contribution in [3.8, 4) is 17.0 Å². The van der Waals surface area contributed by atoms with Gasteiger partial charge in [0.2, 0.25) is 0 Å². The zero-order valence-corrected chi connectivity index (χ0v) is 11.2. The van der Waals surface area contributed by atoms with Crippen LogP contribution >= 0.6 is 11.3 Å². The van der Waals surface area contributed by atoms with Gasteiger partial charge in [-0.1, -0.05) is 0 Å². The topological polar surface area (TPSA) is 68.4 Å². The van der Waals surface area contributed by atoms with Crippen molar-refractivity contribution in [2.45, 2.75) is 13.0 Å². The third-order valence-electron chi connectivity index (χ3n) is 2.72. The number of nitrogens with two attached hydrogens (primary N) is 1. The Bertz CT molecular complexity index is 540. The zero-order valence-electron chi connectivity index (χ0n) is 10.4. The molecule has 5 heteroatoms. The van der Waals surface area contributed by atoms with Gasteiger partial charge in [0, 0.05) is 17.5 Å². The molecule has 2 rings (SSSR count). The van der Waals surface area contributed by atoms with Crippen LogP contribution in [0, 0.1) is 6.92 Å². The molecule has 1 aromatic carbocycles. The van der Waals surface area contributed by atoms with E-state index >= 15 is 0 Å². The Morgan fingerprint density at radius 1 is 1.50 bits per heavy atom. The molecular weight excluding hydrogens is 248 g/mol. The van der Waals surface area contributed by atoms with Crippen molar-refractivity contribution in [3.05, 3.63) is 34.2 Å². The van der Waals surface area contributed by atoms with Crippen LogP contribution in [-0.2, 0) is 0 Å². The molecule has 0 saturated carbocycles. The normalized spacial score (nSPS) is 12.4. The lowest BCUT2D eigenvalue weighted by Gasteiger charge is -2.06. The molecule has 2 aromatic rings. The molecule has 96 valence electrons. The number of nitrogens with zero attached hydrogens (tertiary/aromatic N) is 1. The number of rotatable bonds is 4. The molecule has 0 amide bonds. The molecule has 1 atom stereocenters. The number of aliphatic hydroxyl groups is 1. The highest BCUT2D eigenvalue weighted by Gasteiger charge is 2.12. The molecule has 0 fully saturated rings. The lowest BCUT2D eigenvalue weighted by Crippen LogP contribution is -2.11. The van der Waals surface area contributed by atoms with Gasteiger partial charge in [0.1, 0.15) is 16.9 Å². The number of hydrogen-bond acceptors (Lipinski definition) is 5. The van der Waals surface area contributed by atoms with Crippen LogP contribution in [0.25, 0.3) is 11.3 Å². The molecule has 1 heterocycles. The van der Waals surface area contributed by atoms with Gasteiger partial charge in [0.25, 0.3) is 0 Å². The van der Waals surface area contributed by atoms with Crippen LogP contribution in [0.1, 0.15) is 16.7 Å². The van der Waals surface area contributed by atoms with E-state index in [2.05, 4.69) is 4.98 Å². The smallest absolute Gasteiger partial charge is 0.123 e. The minimum atomic E-state index is -0.678. The summed E-state index contributed by atoms with van der Waals surface area (Å²) in [7, 11) is 1.65. The van der Waals surface area contributed by atoms with Gasteiger partial charge in [-0.25, -0.2) is 4.98 Å². The van der Waals surface area contributed by atoms with Crippen LogP contribution in [0.15, 0.2) is 23.6 Å². The second-order valence-corrected chi connectivity index (χ2v) is 4.90. The van der Waals surface area contributed by atoms with Crippen molar-refractivity contribution in [1.82, 2.24) is 4.98 Å². The van der Waals surface area contributed by atoms with Gasteiger partial charge in [-0.05, 0) is 30.7 Å². The Kier molecular flexibility index (Phi) is 3.96. The van der Waals surface area contributed by atoms with Crippen LogP contribution in [-0.4, -0.2) is 23.7 Å². The average molecular weight is 264 g/mol. The molecule has 0 bridgehead atoms. The summed E-state index contributed by atoms with van der Waals surface area (Å²) in [6, 6.07) is 5.90. The van der Waals surface area contributed by atoms with Crippen LogP contribution in [0.2, 0.25) is 0 Å². The van der Waals surface area contributed by atoms with Gasteiger partial charge >= 0.3 is 0 Å².